The molecule has 2 aliphatic rings. The first-order valence-corrected chi connectivity index (χ1v) is 5.80. The van der Waals surface area contributed by atoms with Crippen LogP contribution in [0.4, 0.5) is 8.78 Å². The summed E-state index contributed by atoms with van der Waals surface area (Å²) >= 11 is 0. The zero-order chi connectivity index (χ0) is 11.9. The second-order valence-corrected chi connectivity index (χ2v) is 5.12. The molecule has 0 aliphatic carbocycles. The Morgan fingerprint density at radius 3 is 2.69 bits per heavy atom. The predicted octanol–water partition coefficient (Wildman–Crippen LogP) is 1.19. The maximum Gasteiger partial charge on any atom is 0.262 e. The summed E-state index contributed by atoms with van der Waals surface area (Å²) in [6.07, 6.45) is -0.102. The molecule has 0 aromatic heterocycles. The lowest BCUT2D eigenvalue weighted by atomic mass is 10.1. The van der Waals surface area contributed by atoms with Gasteiger partial charge in [0, 0.05) is 38.0 Å². The molecule has 2 aliphatic heterocycles. The molecule has 5 heteroatoms. The fourth-order valence-corrected chi connectivity index (χ4v) is 2.57. The number of nitrogens with zero attached hydrogens (tertiary/aromatic N) is 2. The average Bonchev–Trinajstić information content (AvgIpc) is 2.48. The maximum atomic E-state index is 13.2. The number of hydrogen-bond acceptors (Lipinski definition) is 2. The number of halogens is 2. The minimum Gasteiger partial charge on any atom is -0.340 e. The molecule has 0 aromatic carbocycles. The van der Waals surface area contributed by atoms with Crippen molar-refractivity contribution in [2.75, 3.05) is 26.2 Å². The smallest absolute Gasteiger partial charge is 0.262 e. The van der Waals surface area contributed by atoms with Crippen molar-refractivity contribution in [2.24, 2.45) is 5.92 Å². The summed E-state index contributed by atoms with van der Waals surface area (Å²) < 4.78 is 26.4. The van der Waals surface area contributed by atoms with Crippen molar-refractivity contribution in [2.45, 2.75) is 32.2 Å². The number of alkyl halides is 2. The van der Waals surface area contributed by atoms with E-state index in [0.29, 0.717) is 19.6 Å². The molecule has 0 saturated carbocycles. The molecule has 92 valence electrons. The summed E-state index contributed by atoms with van der Waals surface area (Å²) in [5.74, 6) is -2.54. The molecule has 1 atom stereocenters. The van der Waals surface area contributed by atoms with Crippen LogP contribution < -0.4 is 0 Å². The van der Waals surface area contributed by atoms with Crippen molar-refractivity contribution in [3.8, 4) is 0 Å². The Balaban J connectivity index is 1.99. The van der Waals surface area contributed by atoms with Crippen LogP contribution in [0.2, 0.25) is 0 Å². The lowest BCUT2D eigenvalue weighted by molar-refractivity contribution is -0.137. The Labute approximate surface area is 94.4 Å². The minimum absolute atomic E-state index is 0.0477. The Morgan fingerprint density at radius 2 is 2.06 bits per heavy atom. The van der Waals surface area contributed by atoms with Crippen molar-refractivity contribution >= 4 is 5.91 Å². The SMILES string of the molecule is CC(C)C(=O)N1CCN2CC(F)(F)CC2C1. The summed E-state index contributed by atoms with van der Waals surface area (Å²) in [6, 6.07) is -0.147. The van der Waals surface area contributed by atoms with E-state index in [0.717, 1.165) is 0 Å². The lowest BCUT2D eigenvalue weighted by Gasteiger charge is -2.37. The summed E-state index contributed by atoms with van der Waals surface area (Å²) in [4.78, 5) is 15.3. The van der Waals surface area contributed by atoms with Crippen molar-refractivity contribution < 1.29 is 13.6 Å². The second kappa shape index (κ2) is 3.95. The Hall–Kier alpha value is -0.710. The van der Waals surface area contributed by atoms with Crippen molar-refractivity contribution in [1.82, 2.24) is 9.80 Å². The zero-order valence-electron chi connectivity index (χ0n) is 9.75. The van der Waals surface area contributed by atoms with E-state index in [1.54, 1.807) is 4.90 Å². The maximum absolute atomic E-state index is 13.2. The third-order valence-electron chi connectivity index (χ3n) is 3.38. The van der Waals surface area contributed by atoms with Gasteiger partial charge in [0.2, 0.25) is 5.91 Å². The minimum atomic E-state index is -2.57. The van der Waals surface area contributed by atoms with Crippen molar-refractivity contribution in [3.63, 3.8) is 0 Å². The fraction of sp³-hybridized carbons (Fsp3) is 0.909. The quantitative estimate of drug-likeness (QED) is 0.678. The molecular weight excluding hydrogens is 214 g/mol. The van der Waals surface area contributed by atoms with Gasteiger partial charge in [-0.15, -0.1) is 0 Å². The molecule has 3 nitrogen and oxygen atoms in total. The Kier molecular flexibility index (Phi) is 2.90. The summed E-state index contributed by atoms with van der Waals surface area (Å²) in [6.45, 7) is 5.19. The number of fused-ring (bicyclic) bond motifs is 1. The number of carbonyl (C=O) groups excluding carboxylic acids is 1. The second-order valence-electron chi connectivity index (χ2n) is 5.12. The molecule has 2 fully saturated rings. The van der Waals surface area contributed by atoms with E-state index in [1.807, 2.05) is 18.7 Å². The van der Waals surface area contributed by atoms with Gasteiger partial charge in [-0.2, -0.15) is 0 Å². The van der Waals surface area contributed by atoms with Crippen LogP contribution in [0, 0.1) is 5.92 Å². The van der Waals surface area contributed by atoms with E-state index in [4.69, 9.17) is 0 Å². The van der Waals surface area contributed by atoms with Gasteiger partial charge in [0.25, 0.3) is 5.92 Å². The monoisotopic (exact) mass is 232 g/mol. The van der Waals surface area contributed by atoms with Gasteiger partial charge in [-0.1, -0.05) is 13.8 Å². The van der Waals surface area contributed by atoms with Gasteiger partial charge < -0.3 is 4.90 Å². The van der Waals surface area contributed by atoms with E-state index < -0.39 is 5.92 Å². The highest BCUT2D eigenvalue weighted by atomic mass is 19.3. The third kappa shape index (κ3) is 2.19. The van der Waals surface area contributed by atoms with E-state index in [1.165, 1.54) is 0 Å². The summed E-state index contributed by atoms with van der Waals surface area (Å²) in [5, 5.41) is 0. The molecular formula is C11H18F2N2O. The molecule has 1 unspecified atom stereocenters. The highest BCUT2D eigenvalue weighted by Crippen LogP contribution is 2.33. The van der Waals surface area contributed by atoms with Gasteiger partial charge >= 0.3 is 0 Å². The number of hydrogen-bond donors (Lipinski definition) is 0. The Morgan fingerprint density at radius 1 is 1.38 bits per heavy atom. The van der Waals surface area contributed by atoms with Gasteiger partial charge in [0.05, 0.1) is 6.54 Å². The number of piperazine rings is 1. The number of amides is 1. The summed E-state index contributed by atoms with van der Waals surface area (Å²) in [5.41, 5.74) is 0. The predicted molar refractivity (Wildman–Crippen MR) is 56.3 cm³/mol. The van der Waals surface area contributed by atoms with Gasteiger partial charge in [0.1, 0.15) is 0 Å². The highest BCUT2D eigenvalue weighted by Gasteiger charge is 2.47. The van der Waals surface area contributed by atoms with Crippen LogP contribution in [0.3, 0.4) is 0 Å². The normalized spacial score (nSPS) is 29.6. The molecule has 1 amide bonds. The van der Waals surface area contributed by atoms with Crippen LogP contribution in [0.15, 0.2) is 0 Å². The number of carbonyl (C=O) groups is 1. The van der Waals surface area contributed by atoms with Crippen LogP contribution in [0.5, 0.6) is 0 Å². The number of rotatable bonds is 1. The van der Waals surface area contributed by atoms with Gasteiger partial charge in [-0.05, 0) is 0 Å². The zero-order valence-corrected chi connectivity index (χ0v) is 9.75. The first-order chi connectivity index (χ1) is 7.39. The average molecular weight is 232 g/mol. The molecule has 16 heavy (non-hydrogen) atoms. The first-order valence-electron chi connectivity index (χ1n) is 5.80. The van der Waals surface area contributed by atoms with Crippen LogP contribution in [0.25, 0.3) is 0 Å². The first kappa shape index (κ1) is 11.8. The largest absolute Gasteiger partial charge is 0.340 e. The highest BCUT2D eigenvalue weighted by molar-refractivity contribution is 5.78. The van der Waals surface area contributed by atoms with Crippen LogP contribution in [0.1, 0.15) is 20.3 Å². The van der Waals surface area contributed by atoms with Crippen LogP contribution in [-0.4, -0.2) is 53.9 Å². The standard InChI is InChI=1S/C11H18F2N2O/c1-8(2)10(16)14-3-4-15-7-11(12,13)5-9(15)6-14/h8-9H,3-7H2,1-2H3. The van der Waals surface area contributed by atoms with E-state index in [-0.39, 0.29) is 30.8 Å². The van der Waals surface area contributed by atoms with Gasteiger partial charge in [-0.25, -0.2) is 8.78 Å². The summed E-state index contributed by atoms with van der Waals surface area (Å²) in [7, 11) is 0. The topological polar surface area (TPSA) is 23.6 Å². The van der Waals surface area contributed by atoms with Gasteiger partial charge in [0.15, 0.2) is 0 Å². The molecule has 2 heterocycles. The van der Waals surface area contributed by atoms with Crippen molar-refractivity contribution in [1.29, 1.82) is 0 Å². The van der Waals surface area contributed by atoms with E-state index >= 15 is 0 Å². The molecule has 0 aromatic rings. The van der Waals surface area contributed by atoms with Crippen molar-refractivity contribution in [3.05, 3.63) is 0 Å². The Bertz CT molecular complexity index is 294. The fourth-order valence-electron chi connectivity index (χ4n) is 2.57. The molecule has 0 radical (unpaired) electrons. The molecule has 0 bridgehead atoms. The third-order valence-corrected chi connectivity index (χ3v) is 3.38. The van der Waals surface area contributed by atoms with Gasteiger partial charge in [-0.3, -0.25) is 9.69 Å². The molecule has 0 spiro atoms. The van der Waals surface area contributed by atoms with Crippen LogP contribution >= 0.6 is 0 Å². The molecule has 0 N–H and O–H groups in total. The van der Waals surface area contributed by atoms with E-state index in [2.05, 4.69) is 0 Å². The van der Waals surface area contributed by atoms with E-state index in [9.17, 15) is 13.6 Å². The molecule has 2 saturated heterocycles. The molecule has 2 rings (SSSR count). The lowest BCUT2D eigenvalue weighted by Crippen LogP contribution is -2.52. The van der Waals surface area contributed by atoms with Crippen LogP contribution in [-0.2, 0) is 4.79 Å².